The topological polar surface area (TPSA) is 111 Å². The Bertz CT molecular complexity index is 6660. The second-order valence-corrected chi connectivity index (χ2v) is 34.3. The van der Waals surface area contributed by atoms with Crippen molar-refractivity contribution in [2.24, 2.45) is 0 Å². The molecule has 10 heteroatoms. The quantitative estimate of drug-likeness (QED) is 0.0736. The third-order valence-electron chi connectivity index (χ3n) is 21.3. The van der Waals surface area contributed by atoms with Crippen molar-refractivity contribution in [3.8, 4) is 146 Å². The van der Waals surface area contributed by atoms with Crippen LogP contribution in [0.5, 0.6) is 0 Å². The predicted octanol–water partition coefficient (Wildman–Crippen LogP) is 24.7. The standard InChI is InChI=1S/C57H40N3OP.C51H36N3OP/c61-62(52-20-9-3-10-21-52,53-22-11-4-12-23-53)54-38-36-46(37-39-54)45-26-24-43(25-27-45)44-28-30-47(31-29-44)50-18-13-19-51(40-50)57-59-55(48-16-7-2-8-17-48)58-56(60-57)49-34-32-42(33-35-49)41-14-5-1-6-15-41;55-56(46-20-9-3-10-21-46,47-22-11-4-12-23-47)48-34-32-40(33-35-48)39-24-26-41(27-25-39)44-18-13-19-45(36-44)51-53-49(42-16-7-2-8-17-42)52-50(54-51)43-30-28-38(29-31-43)37-14-5-1-6-15-37/h1-40H;1-36H. The van der Waals surface area contributed by atoms with E-state index in [1.54, 1.807) is 0 Å². The zero-order valence-electron chi connectivity index (χ0n) is 64.3. The summed E-state index contributed by atoms with van der Waals surface area (Å²) in [5, 5.41) is 4.95. The molecule has 0 spiro atoms. The SMILES string of the molecule is O=P(c1ccccc1)(c1ccccc1)c1ccc(-c2ccc(-c3ccc(-c4cccc(-c5nc(-c6ccccc6)nc(-c6ccc(-c7ccccc7)cc6)n5)c4)cc3)cc2)cc1.O=P(c1ccccc1)(c1ccccc1)c1ccc(-c2ccc(-c3cccc(-c4nc(-c5ccccc5)nc(-c5ccc(-c6ccccc6)cc5)n4)c3)cc2)cc1. The second kappa shape index (κ2) is 34.1. The molecule has 560 valence electrons. The van der Waals surface area contributed by atoms with Crippen LogP contribution in [-0.4, -0.2) is 29.9 Å². The Kier molecular flexibility index (Phi) is 21.6. The second-order valence-electron chi connectivity index (χ2n) is 28.8. The van der Waals surface area contributed by atoms with E-state index in [1.165, 1.54) is 5.56 Å². The first kappa shape index (κ1) is 74.6. The molecule has 0 N–H and O–H groups in total. The summed E-state index contributed by atoms with van der Waals surface area (Å²) in [6.45, 7) is 0. The lowest BCUT2D eigenvalue weighted by Gasteiger charge is -2.20. The summed E-state index contributed by atoms with van der Waals surface area (Å²) < 4.78 is 29.6. The van der Waals surface area contributed by atoms with Crippen LogP contribution >= 0.6 is 14.3 Å². The summed E-state index contributed by atoms with van der Waals surface area (Å²) in [6.07, 6.45) is 0. The molecule has 0 saturated heterocycles. The summed E-state index contributed by atoms with van der Waals surface area (Å²) in [6, 6.07) is 156. The first-order valence-corrected chi connectivity index (χ1v) is 42.7. The molecule has 2 heterocycles. The van der Waals surface area contributed by atoms with Crippen LogP contribution in [0.3, 0.4) is 0 Å². The summed E-state index contributed by atoms with van der Waals surface area (Å²) in [4.78, 5) is 29.9. The van der Waals surface area contributed by atoms with Crippen molar-refractivity contribution >= 4 is 46.1 Å². The van der Waals surface area contributed by atoms with Gasteiger partial charge in [-0.15, -0.1) is 0 Å². The average Bonchev–Trinajstić information content (AvgIpc) is 0.767. The van der Waals surface area contributed by atoms with E-state index >= 15 is 0 Å². The van der Waals surface area contributed by atoms with E-state index in [0.717, 1.165) is 138 Å². The summed E-state index contributed by atoms with van der Waals surface area (Å²) in [5.41, 5.74) is 21.1. The zero-order valence-corrected chi connectivity index (χ0v) is 66.1. The molecular weight excluding hydrogens is 1480 g/mol. The van der Waals surface area contributed by atoms with Crippen molar-refractivity contribution in [3.63, 3.8) is 0 Å². The highest BCUT2D eigenvalue weighted by molar-refractivity contribution is 7.85. The van der Waals surface area contributed by atoms with E-state index in [9.17, 15) is 9.13 Å². The van der Waals surface area contributed by atoms with Crippen LogP contribution in [0.2, 0.25) is 0 Å². The number of hydrogen-bond acceptors (Lipinski definition) is 8. The largest absolute Gasteiger partial charge is 0.309 e. The Morgan fingerprint density at radius 2 is 0.254 bits per heavy atom. The smallest absolute Gasteiger partial charge is 0.171 e. The van der Waals surface area contributed by atoms with E-state index in [0.29, 0.717) is 34.9 Å². The first-order valence-electron chi connectivity index (χ1n) is 39.3. The number of nitrogens with zero attached hydrogens (tertiary/aromatic N) is 6. The van der Waals surface area contributed by atoms with Gasteiger partial charge in [-0.25, -0.2) is 29.9 Å². The van der Waals surface area contributed by atoms with Gasteiger partial charge in [0, 0.05) is 65.2 Å². The molecule has 0 fully saturated rings. The molecule has 0 aliphatic carbocycles. The molecule has 0 saturated carbocycles. The molecule has 118 heavy (non-hydrogen) atoms. The maximum atomic E-state index is 14.8. The summed E-state index contributed by atoms with van der Waals surface area (Å²) >= 11 is 0. The van der Waals surface area contributed by atoms with Crippen LogP contribution in [0, 0.1) is 0 Å². The van der Waals surface area contributed by atoms with Gasteiger partial charge in [-0.2, -0.15) is 0 Å². The third-order valence-corrected chi connectivity index (χ3v) is 27.5. The molecule has 0 unspecified atom stereocenters. The monoisotopic (exact) mass is 1550 g/mol. The third kappa shape index (κ3) is 16.1. The zero-order chi connectivity index (χ0) is 79.5. The fourth-order valence-electron chi connectivity index (χ4n) is 15.0. The van der Waals surface area contributed by atoms with Crippen molar-refractivity contribution < 1.29 is 9.13 Å². The Morgan fingerprint density at radius 1 is 0.119 bits per heavy atom. The van der Waals surface area contributed by atoms with Crippen LogP contribution < -0.4 is 31.8 Å². The average molecular weight is 1550 g/mol. The van der Waals surface area contributed by atoms with Gasteiger partial charge in [0.15, 0.2) is 49.2 Å². The molecule has 0 amide bonds. The van der Waals surface area contributed by atoms with E-state index in [-0.39, 0.29) is 0 Å². The summed E-state index contributed by atoms with van der Waals surface area (Å²) in [7, 11) is -6.06. The van der Waals surface area contributed by atoms with Crippen LogP contribution in [0.1, 0.15) is 0 Å². The molecule has 0 aliphatic rings. The molecule has 2 aromatic heterocycles. The van der Waals surface area contributed by atoms with Gasteiger partial charge in [-0.3, -0.25) is 0 Å². The minimum Gasteiger partial charge on any atom is -0.309 e. The lowest BCUT2D eigenvalue weighted by Crippen LogP contribution is -2.24. The van der Waals surface area contributed by atoms with Crippen LogP contribution in [0.15, 0.2) is 461 Å². The number of benzene rings is 17. The van der Waals surface area contributed by atoms with Crippen LogP contribution in [-0.2, 0) is 9.13 Å². The van der Waals surface area contributed by atoms with Crippen molar-refractivity contribution in [2.45, 2.75) is 0 Å². The van der Waals surface area contributed by atoms with Crippen LogP contribution in [0.25, 0.3) is 146 Å². The van der Waals surface area contributed by atoms with Gasteiger partial charge in [0.1, 0.15) is 0 Å². The number of rotatable bonds is 19. The van der Waals surface area contributed by atoms with Gasteiger partial charge in [0.2, 0.25) is 0 Å². The maximum Gasteiger partial charge on any atom is 0.171 e. The van der Waals surface area contributed by atoms with Crippen molar-refractivity contribution in [1.29, 1.82) is 0 Å². The van der Waals surface area contributed by atoms with Crippen molar-refractivity contribution in [1.82, 2.24) is 29.9 Å². The minimum absolute atomic E-state index is 0.614. The first-order chi connectivity index (χ1) is 58.2. The van der Waals surface area contributed by atoms with E-state index in [2.05, 4.69) is 231 Å². The van der Waals surface area contributed by atoms with Gasteiger partial charge < -0.3 is 9.13 Å². The lowest BCUT2D eigenvalue weighted by atomic mass is 9.97. The van der Waals surface area contributed by atoms with E-state index in [1.807, 2.05) is 231 Å². The lowest BCUT2D eigenvalue weighted by molar-refractivity contribution is 0.591. The molecule has 19 rings (SSSR count). The Balaban J connectivity index is 0.000000163. The molecule has 0 bridgehead atoms. The van der Waals surface area contributed by atoms with Crippen molar-refractivity contribution in [2.75, 3.05) is 0 Å². The highest BCUT2D eigenvalue weighted by atomic mass is 31.2. The molecule has 0 atom stereocenters. The highest BCUT2D eigenvalue weighted by Gasteiger charge is 2.31. The van der Waals surface area contributed by atoms with E-state index < -0.39 is 14.3 Å². The van der Waals surface area contributed by atoms with Gasteiger partial charge in [-0.05, 0) is 90.0 Å². The van der Waals surface area contributed by atoms with Crippen molar-refractivity contribution in [3.05, 3.63) is 461 Å². The van der Waals surface area contributed by atoms with Gasteiger partial charge in [-0.1, -0.05) is 449 Å². The molecular formula is C108H76N6O2P2. The minimum atomic E-state index is -3.04. The molecule has 0 aliphatic heterocycles. The Morgan fingerprint density at radius 3 is 0.483 bits per heavy atom. The molecule has 8 nitrogen and oxygen atoms in total. The molecule has 0 radical (unpaired) electrons. The predicted molar refractivity (Wildman–Crippen MR) is 489 cm³/mol. The maximum absolute atomic E-state index is 14.8. The normalized spacial score (nSPS) is 11.3. The van der Waals surface area contributed by atoms with Gasteiger partial charge in [0.25, 0.3) is 0 Å². The van der Waals surface area contributed by atoms with E-state index in [4.69, 9.17) is 29.9 Å². The Hall–Kier alpha value is -14.8. The summed E-state index contributed by atoms with van der Waals surface area (Å²) in [5.74, 6) is 3.75. The Labute approximate surface area is 687 Å². The van der Waals surface area contributed by atoms with Crippen LogP contribution in [0.4, 0.5) is 0 Å². The fourth-order valence-corrected chi connectivity index (χ4v) is 20.3. The fraction of sp³-hybridized carbons (Fsp3) is 0. The molecule has 17 aromatic carbocycles. The van der Waals surface area contributed by atoms with Gasteiger partial charge >= 0.3 is 0 Å². The number of hydrogen-bond donors (Lipinski definition) is 0. The molecule has 19 aromatic rings. The highest BCUT2D eigenvalue weighted by Crippen LogP contribution is 2.45. The van der Waals surface area contributed by atoms with Gasteiger partial charge in [0.05, 0.1) is 0 Å². The number of aromatic nitrogens is 6.